The molecule has 1 saturated heterocycles. The summed E-state index contributed by atoms with van der Waals surface area (Å²) in [7, 11) is 0. The van der Waals surface area contributed by atoms with Gasteiger partial charge in [0.2, 0.25) is 11.8 Å². The first-order valence-corrected chi connectivity index (χ1v) is 10.9. The Morgan fingerprint density at radius 2 is 1.72 bits per heavy atom. The maximum Gasteiger partial charge on any atom is 0.240 e. The number of thioether (sulfide) groups is 1. The molecule has 7 nitrogen and oxygen atoms in total. The highest BCUT2D eigenvalue weighted by molar-refractivity contribution is 8.15. The van der Waals surface area contributed by atoms with E-state index in [9.17, 15) is 14.4 Å². The van der Waals surface area contributed by atoms with Gasteiger partial charge in [0.05, 0.1) is 0 Å². The zero-order valence-corrected chi connectivity index (χ0v) is 17.4. The lowest BCUT2D eigenvalue weighted by Crippen LogP contribution is -2.28. The fourth-order valence-electron chi connectivity index (χ4n) is 3.28. The zero-order valence-electron chi connectivity index (χ0n) is 16.6. The first-order valence-electron chi connectivity index (χ1n) is 10.0. The van der Waals surface area contributed by atoms with Gasteiger partial charge in [-0.2, -0.15) is 5.10 Å². The number of ketones is 1. The van der Waals surface area contributed by atoms with Crippen molar-refractivity contribution in [1.29, 1.82) is 0 Å². The second-order valence-corrected chi connectivity index (χ2v) is 8.51. The number of rotatable bonds is 5. The quantitative estimate of drug-likeness (QED) is 0.564. The molecule has 1 unspecified atom stereocenters. The third-order valence-electron chi connectivity index (χ3n) is 4.94. The lowest BCUT2D eigenvalue weighted by atomic mass is 9.99. The number of nitrogens with zero attached hydrogens (tertiary/aromatic N) is 2. The summed E-state index contributed by atoms with van der Waals surface area (Å²) in [5, 5.41) is 13.9. The standard InChI is InChI=1S/C21H26N4O3S/c1-14(26)15-9-11-16(12-10-15)22-19(27)13-18-20(28)23-21(29-18)25-24-17-7-5-3-2-4-6-8-17/h9-12,18H,2-8,13H2,1H3,(H,22,27)(H,23,25,28). The Balaban J connectivity index is 1.53. The van der Waals surface area contributed by atoms with Crippen LogP contribution in [0.15, 0.2) is 34.5 Å². The second-order valence-electron chi connectivity index (χ2n) is 7.32. The van der Waals surface area contributed by atoms with E-state index in [4.69, 9.17) is 0 Å². The summed E-state index contributed by atoms with van der Waals surface area (Å²) >= 11 is 1.24. The summed E-state index contributed by atoms with van der Waals surface area (Å²) in [6, 6.07) is 6.67. The molecule has 0 spiro atoms. The molecule has 154 valence electrons. The molecule has 2 aliphatic rings. The van der Waals surface area contributed by atoms with Crippen LogP contribution in [0.1, 0.15) is 68.6 Å². The maximum absolute atomic E-state index is 12.3. The molecule has 2 N–H and O–H groups in total. The molecule has 0 bridgehead atoms. The number of anilines is 1. The van der Waals surface area contributed by atoms with Crippen molar-refractivity contribution in [1.82, 2.24) is 5.32 Å². The summed E-state index contributed by atoms with van der Waals surface area (Å²) in [4.78, 5) is 35.7. The van der Waals surface area contributed by atoms with Gasteiger partial charge < -0.3 is 10.6 Å². The van der Waals surface area contributed by atoms with E-state index < -0.39 is 5.25 Å². The number of amidine groups is 1. The highest BCUT2D eigenvalue weighted by Gasteiger charge is 2.32. The van der Waals surface area contributed by atoms with Crippen molar-refractivity contribution >= 4 is 45.9 Å². The third-order valence-corrected chi connectivity index (χ3v) is 6.01. The van der Waals surface area contributed by atoms with Gasteiger partial charge in [-0.05, 0) is 56.9 Å². The molecule has 1 aliphatic carbocycles. The number of benzene rings is 1. The molecular weight excluding hydrogens is 388 g/mol. The van der Waals surface area contributed by atoms with Gasteiger partial charge in [0, 0.05) is 23.4 Å². The van der Waals surface area contributed by atoms with E-state index in [1.807, 2.05) is 0 Å². The van der Waals surface area contributed by atoms with E-state index in [0.29, 0.717) is 16.4 Å². The smallest absolute Gasteiger partial charge is 0.240 e. The van der Waals surface area contributed by atoms with E-state index in [1.165, 1.54) is 37.9 Å². The lowest BCUT2D eigenvalue weighted by molar-refractivity contribution is -0.122. The number of Topliss-reactive ketones (excluding diaryl/α,β-unsaturated/α-hetero) is 1. The van der Waals surface area contributed by atoms with Gasteiger partial charge in [-0.3, -0.25) is 14.4 Å². The zero-order chi connectivity index (χ0) is 20.6. The summed E-state index contributed by atoms with van der Waals surface area (Å²) in [6.07, 6.45) is 8.00. The van der Waals surface area contributed by atoms with Crippen LogP contribution in [0.2, 0.25) is 0 Å². The minimum atomic E-state index is -0.525. The van der Waals surface area contributed by atoms with Gasteiger partial charge in [-0.25, -0.2) is 0 Å². The van der Waals surface area contributed by atoms with Crippen LogP contribution in [-0.4, -0.2) is 33.7 Å². The molecule has 1 saturated carbocycles. The Bertz CT molecular complexity index is 823. The fourth-order valence-corrected chi connectivity index (χ4v) is 4.20. The Hall–Kier alpha value is -2.48. The maximum atomic E-state index is 12.3. The van der Waals surface area contributed by atoms with Gasteiger partial charge in [0.1, 0.15) is 5.25 Å². The summed E-state index contributed by atoms with van der Waals surface area (Å²) < 4.78 is 0. The average Bonchev–Trinajstić information content (AvgIpc) is 3.00. The molecule has 2 fully saturated rings. The summed E-state index contributed by atoms with van der Waals surface area (Å²) in [5.74, 6) is -0.522. The third kappa shape index (κ3) is 6.52. The second kappa shape index (κ2) is 10.3. The summed E-state index contributed by atoms with van der Waals surface area (Å²) in [5.41, 5.74) is 2.26. The van der Waals surface area contributed by atoms with Crippen LogP contribution in [0.3, 0.4) is 0 Å². The lowest BCUT2D eigenvalue weighted by Gasteiger charge is -2.09. The molecule has 8 heteroatoms. The van der Waals surface area contributed by atoms with Gasteiger partial charge in [0.15, 0.2) is 11.0 Å². The number of hydrogen-bond donors (Lipinski definition) is 2. The normalized spacial score (nSPS) is 21.3. The van der Waals surface area contributed by atoms with Crippen molar-refractivity contribution < 1.29 is 14.4 Å². The molecule has 2 amide bonds. The van der Waals surface area contributed by atoms with Crippen LogP contribution in [0.5, 0.6) is 0 Å². The van der Waals surface area contributed by atoms with E-state index in [0.717, 1.165) is 31.4 Å². The van der Waals surface area contributed by atoms with Crippen LogP contribution in [0, 0.1) is 0 Å². The minimum Gasteiger partial charge on any atom is -0.326 e. The monoisotopic (exact) mass is 414 g/mol. The topological polar surface area (TPSA) is 100.0 Å². The van der Waals surface area contributed by atoms with E-state index in [2.05, 4.69) is 20.8 Å². The molecule has 1 atom stereocenters. The molecule has 0 radical (unpaired) electrons. The van der Waals surface area contributed by atoms with E-state index >= 15 is 0 Å². The number of nitrogens with one attached hydrogen (secondary N) is 2. The predicted molar refractivity (Wildman–Crippen MR) is 116 cm³/mol. The fraction of sp³-hybridized carbons (Fsp3) is 0.476. The predicted octanol–water partition coefficient (Wildman–Crippen LogP) is 3.91. The Labute approximate surface area is 174 Å². The Morgan fingerprint density at radius 1 is 1.07 bits per heavy atom. The van der Waals surface area contributed by atoms with Crippen molar-refractivity contribution in [3.8, 4) is 0 Å². The molecule has 1 aromatic rings. The molecule has 29 heavy (non-hydrogen) atoms. The van der Waals surface area contributed by atoms with Gasteiger partial charge in [0.25, 0.3) is 0 Å². The van der Waals surface area contributed by atoms with Gasteiger partial charge >= 0.3 is 0 Å². The molecule has 1 aromatic carbocycles. The van der Waals surface area contributed by atoms with Gasteiger partial charge in [-0.15, -0.1) is 5.10 Å². The largest absolute Gasteiger partial charge is 0.326 e. The SMILES string of the molecule is CC(=O)c1ccc(NC(=O)CC2S/C(=N/N=C3CCCCCCC3)NC2=O)cc1. The van der Waals surface area contributed by atoms with Crippen LogP contribution in [-0.2, 0) is 9.59 Å². The van der Waals surface area contributed by atoms with Crippen molar-refractivity contribution in [2.24, 2.45) is 10.2 Å². The highest BCUT2D eigenvalue weighted by atomic mass is 32.2. The van der Waals surface area contributed by atoms with Crippen LogP contribution in [0.4, 0.5) is 5.69 Å². The Morgan fingerprint density at radius 3 is 2.38 bits per heavy atom. The minimum absolute atomic E-state index is 0.0308. The van der Waals surface area contributed by atoms with E-state index in [-0.39, 0.29) is 24.0 Å². The number of amides is 2. The van der Waals surface area contributed by atoms with Crippen molar-refractivity contribution in [3.63, 3.8) is 0 Å². The number of carbonyl (C=O) groups is 3. The molecule has 3 rings (SSSR count). The summed E-state index contributed by atoms with van der Waals surface area (Å²) in [6.45, 7) is 1.49. The molecular formula is C21H26N4O3S. The van der Waals surface area contributed by atoms with Crippen molar-refractivity contribution in [3.05, 3.63) is 29.8 Å². The number of hydrogen-bond acceptors (Lipinski definition) is 6. The van der Waals surface area contributed by atoms with E-state index in [1.54, 1.807) is 24.3 Å². The highest BCUT2D eigenvalue weighted by Crippen LogP contribution is 2.24. The average molecular weight is 415 g/mol. The first kappa shape index (κ1) is 21.2. The first-order chi connectivity index (χ1) is 14.0. The van der Waals surface area contributed by atoms with Crippen molar-refractivity contribution in [2.45, 2.75) is 63.5 Å². The van der Waals surface area contributed by atoms with Crippen LogP contribution in [0.25, 0.3) is 0 Å². The van der Waals surface area contributed by atoms with Crippen molar-refractivity contribution in [2.75, 3.05) is 5.32 Å². The van der Waals surface area contributed by atoms with Gasteiger partial charge in [-0.1, -0.05) is 31.0 Å². The Kier molecular flexibility index (Phi) is 7.57. The molecule has 1 heterocycles. The van der Waals surface area contributed by atoms with Crippen LogP contribution < -0.4 is 10.6 Å². The molecule has 1 aliphatic heterocycles. The number of carbonyl (C=O) groups excluding carboxylic acids is 3. The molecule has 0 aromatic heterocycles. The van der Waals surface area contributed by atoms with Crippen LogP contribution >= 0.6 is 11.8 Å².